The van der Waals surface area contributed by atoms with E-state index in [2.05, 4.69) is 27.4 Å². The van der Waals surface area contributed by atoms with Crippen molar-refractivity contribution >= 4 is 11.8 Å². The number of carbonyl (C=O) groups is 2. The van der Waals surface area contributed by atoms with Crippen molar-refractivity contribution in [3.05, 3.63) is 29.8 Å². The predicted molar refractivity (Wildman–Crippen MR) is 110 cm³/mol. The topological polar surface area (TPSA) is 73.9 Å². The summed E-state index contributed by atoms with van der Waals surface area (Å²) in [5.41, 5.74) is 1.02. The molecule has 2 N–H and O–H groups in total. The molecule has 2 rings (SSSR count). The lowest BCUT2D eigenvalue weighted by atomic mass is 10.2. The smallest absolute Gasteiger partial charge is 0.234 e. The second-order valence-corrected chi connectivity index (χ2v) is 7.29. The van der Waals surface area contributed by atoms with Crippen LogP contribution < -0.4 is 15.4 Å². The van der Waals surface area contributed by atoms with Gasteiger partial charge in [0.2, 0.25) is 11.8 Å². The summed E-state index contributed by atoms with van der Waals surface area (Å²) in [6.07, 6.45) is 0.935. The standard InChI is InChI=1S/C21H34N4O3/c1-4-17(3)23-21(27)16-25-11-9-24(10-12-25)15-20(26)22-14-18-7-6-8-19(13-18)28-5-2/h6-8,13,17H,4-5,9-12,14-16H2,1-3H3,(H,22,26)(H,23,27). The third-order valence-corrected chi connectivity index (χ3v) is 4.92. The maximum absolute atomic E-state index is 12.2. The van der Waals surface area contributed by atoms with Crippen molar-refractivity contribution in [2.24, 2.45) is 0 Å². The Kier molecular flexibility index (Phi) is 9.23. The highest BCUT2D eigenvalue weighted by Crippen LogP contribution is 2.13. The fourth-order valence-electron chi connectivity index (χ4n) is 3.10. The molecule has 1 heterocycles. The van der Waals surface area contributed by atoms with Crippen LogP contribution in [0.25, 0.3) is 0 Å². The third kappa shape index (κ3) is 7.86. The van der Waals surface area contributed by atoms with E-state index in [1.807, 2.05) is 38.1 Å². The molecule has 7 nitrogen and oxygen atoms in total. The van der Waals surface area contributed by atoms with Crippen LogP contribution in [-0.4, -0.2) is 73.5 Å². The summed E-state index contributed by atoms with van der Waals surface area (Å²) in [6, 6.07) is 7.99. The zero-order valence-electron chi connectivity index (χ0n) is 17.4. The van der Waals surface area contributed by atoms with Crippen LogP contribution in [0.5, 0.6) is 5.75 Å². The fraction of sp³-hybridized carbons (Fsp3) is 0.619. The Morgan fingerprint density at radius 1 is 1.07 bits per heavy atom. The van der Waals surface area contributed by atoms with E-state index in [1.54, 1.807) is 0 Å². The van der Waals surface area contributed by atoms with Gasteiger partial charge < -0.3 is 15.4 Å². The minimum absolute atomic E-state index is 0.0183. The number of hydrogen-bond acceptors (Lipinski definition) is 5. The van der Waals surface area contributed by atoms with Gasteiger partial charge in [-0.25, -0.2) is 0 Å². The van der Waals surface area contributed by atoms with E-state index in [0.717, 1.165) is 43.9 Å². The molecule has 0 bridgehead atoms. The minimum atomic E-state index is 0.0183. The molecule has 0 radical (unpaired) electrons. The van der Waals surface area contributed by atoms with E-state index in [4.69, 9.17) is 4.74 Å². The Balaban J connectivity index is 1.66. The Morgan fingerprint density at radius 2 is 1.71 bits per heavy atom. The van der Waals surface area contributed by atoms with Crippen LogP contribution >= 0.6 is 0 Å². The van der Waals surface area contributed by atoms with Gasteiger partial charge in [-0.15, -0.1) is 0 Å². The molecule has 1 aromatic carbocycles. The molecular weight excluding hydrogens is 356 g/mol. The van der Waals surface area contributed by atoms with Crippen LogP contribution in [0.1, 0.15) is 32.8 Å². The van der Waals surface area contributed by atoms with E-state index >= 15 is 0 Å². The first kappa shape index (κ1) is 22.2. The molecule has 0 spiro atoms. The van der Waals surface area contributed by atoms with Gasteiger partial charge in [0.15, 0.2) is 0 Å². The predicted octanol–water partition coefficient (Wildman–Crippen LogP) is 1.23. The number of amides is 2. The molecule has 1 fully saturated rings. The molecule has 0 aromatic heterocycles. The van der Waals surface area contributed by atoms with Crippen LogP contribution in [0, 0.1) is 0 Å². The van der Waals surface area contributed by atoms with Gasteiger partial charge in [0, 0.05) is 38.8 Å². The van der Waals surface area contributed by atoms with Crippen molar-refractivity contribution < 1.29 is 14.3 Å². The number of nitrogens with one attached hydrogen (secondary N) is 2. The van der Waals surface area contributed by atoms with Gasteiger partial charge in [-0.05, 0) is 38.0 Å². The average molecular weight is 391 g/mol. The molecule has 1 saturated heterocycles. The number of carbonyl (C=O) groups excluding carboxylic acids is 2. The maximum atomic E-state index is 12.2. The zero-order valence-corrected chi connectivity index (χ0v) is 17.4. The van der Waals surface area contributed by atoms with Crippen LogP contribution in [-0.2, 0) is 16.1 Å². The van der Waals surface area contributed by atoms with Crippen LogP contribution in [0.3, 0.4) is 0 Å². The third-order valence-electron chi connectivity index (χ3n) is 4.92. The molecule has 1 atom stereocenters. The Labute approximate surface area is 168 Å². The lowest BCUT2D eigenvalue weighted by molar-refractivity contribution is -0.125. The van der Waals surface area contributed by atoms with Gasteiger partial charge in [-0.2, -0.15) is 0 Å². The van der Waals surface area contributed by atoms with Crippen LogP contribution in [0.4, 0.5) is 0 Å². The van der Waals surface area contributed by atoms with Crippen molar-refractivity contribution in [3.8, 4) is 5.75 Å². The molecular formula is C21H34N4O3. The summed E-state index contributed by atoms with van der Waals surface area (Å²) < 4.78 is 5.49. The molecule has 1 aliphatic heterocycles. The van der Waals surface area contributed by atoms with Gasteiger partial charge in [0.05, 0.1) is 19.7 Å². The van der Waals surface area contributed by atoms with E-state index in [0.29, 0.717) is 26.2 Å². The van der Waals surface area contributed by atoms with Gasteiger partial charge >= 0.3 is 0 Å². The molecule has 0 aliphatic carbocycles. The van der Waals surface area contributed by atoms with Gasteiger partial charge in [-0.1, -0.05) is 19.1 Å². The number of hydrogen-bond donors (Lipinski definition) is 2. The molecule has 1 aromatic rings. The molecule has 156 valence electrons. The van der Waals surface area contributed by atoms with E-state index in [1.165, 1.54) is 0 Å². The Bertz CT molecular complexity index is 630. The summed E-state index contributed by atoms with van der Waals surface area (Å²) in [4.78, 5) is 28.5. The number of benzene rings is 1. The van der Waals surface area contributed by atoms with Gasteiger partial charge in [-0.3, -0.25) is 19.4 Å². The van der Waals surface area contributed by atoms with Crippen LogP contribution in [0.15, 0.2) is 24.3 Å². The molecule has 2 amide bonds. The summed E-state index contributed by atoms with van der Waals surface area (Å²) in [7, 11) is 0. The number of nitrogens with zero attached hydrogens (tertiary/aromatic N) is 2. The van der Waals surface area contributed by atoms with Crippen molar-refractivity contribution in [2.75, 3.05) is 45.9 Å². The summed E-state index contributed by atoms with van der Waals surface area (Å²) in [6.45, 7) is 11.2. The summed E-state index contributed by atoms with van der Waals surface area (Å²) >= 11 is 0. The van der Waals surface area contributed by atoms with Gasteiger partial charge in [0.1, 0.15) is 5.75 Å². The first-order chi connectivity index (χ1) is 13.5. The van der Waals surface area contributed by atoms with Crippen LogP contribution in [0.2, 0.25) is 0 Å². The molecule has 28 heavy (non-hydrogen) atoms. The number of rotatable bonds is 10. The normalized spacial score (nSPS) is 16.4. The largest absolute Gasteiger partial charge is 0.494 e. The SMILES string of the molecule is CCOc1cccc(CNC(=O)CN2CCN(CC(=O)NC(C)CC)CC2)c1. The minimum Gasteiger partial charge on any atom is -0.494 e. The maximum Gasteiger partial charge on any atom is 0.234 e. The average Bonchev–Trinajstić information content (AvgIpc) is 2.68. The number of ether oxygens (including phenoxy) is 1. The summed E-state index contributed by atoms with van der Waals surface area (Å²) in [5, 5.41) is 5.97. The van der Waals surface area contributed by atoms with Crippen molar-refractivity contribution in [2.45, 2.75) is 39.8 Å². The molecule has 0 saturated carbocycles. The second kappa shape index (κ2) is 11.7. The first-order valence-corrected chi connectivity index (χ1v) is 10.2. The lowest BCUT2D eigenvalue weighted by Gasteiger charge is -2.34. The van der Waals surface area contributed by atoms with E-state index < -0.39 is 0 Å². The highest BCUT2D eigenvalue weighted by atomic mass is 16.5. The van der Waals surface area contributed by atoms with Crippen molar-refractivity contribution in [1.82, 2.24) is 20.4 Å². The first-order valence-electron chi connectivity index (χ1n) is 10.2. The van der Waals surface area contributed by atoms with E-state index in [9.17, 15) is 9.59 Å². The lowest BCUT2D eigenvalue weighted by Crippen LogP contribution is -2.52. The van der Waals surface area contributed by atoms with Crippen molar-refractivity contribution in [1.29, 1.82) is 0 Å². The molecule has 7 heteroatoms. The highest BCUT2D eigenvalue weighted by Gasteiger charge is 2.20. The zero-order chi connectivity index (χ0) is 20.4. The molecule has 1 aliphatic rings. The quantitative estimate of drug-likeness (QED) is 0.629. The van der Waals surface area contributed by atoms with E-state index in [-0.39, 0.29) is 17.9 Å². The highest BCUT2D eigenvalue weighted by molar-refractivity contribution is 5.78. The fourth-order valence-corrected chi connectivity index (χ4v) is 3.10. The monoisotopic (exact) mass is 390 g/mol. The Morgan fingerprint density at radius 3 is 2.32 bits per heavy atom. The van der Waals surface area contributed by atoms with Crippen molar-refractivity contribution in [3.63, 3.8) is 0 Å². The Hall–Kier alpha value is -2.12. The molecule has 1 unspecified atom stereocenters. The summed E-state index contributed by atoms with van der Waals surface area (Å²) in [5.74, 6) is 0.919. The number of piperazine rings is 1. The second-order valence-electron chi connectivity index (χ2n) is 7.29. The van der Waals surface area contributed by atoms with Gasteiger partial charge in [0.25, 0.3) is 0 Å².